The maximum absolute atomic E-state index is 12.8. The Bertz CT molecular complexity index is 1180. The lowest BCUT2D eigenvalue weighted by Crippen LogP contribution is -2.38. The van der Waals surface area contributed by atoms with Crippen molar-refractivity contribution in [3.05, 3.63) is 56.8 Å². The van der Waals surface area contributed by atoms with Gasteiger partial charge in [0.1, 0.15) is 12.2 Å². The third kappa shape index (κ3) is 5.84. The number of methoxy groups -OCH3 is 1. The van der Waals surface area contributed by atoms with Crippen LogP contribution in [0.4, 0.5) is 10.5 Å². The molecule has 4 amide bonds. The van der Waals surface area contributed by atoms with Gasteiger partial charge in [0.25, 0.3) is 5.91 Å². The molecule has 1 aliphatic rings. The Balaban J connectivity index is 1.76. The van der Waals surface area contributed by atoms with Gasteiger partial charge in [-0.05, 0) is 64.4 Å². The van der Waals surface area contributed by atoms with E-state index in [0.29, 0.717) is 14.8 Å². The lowest BCUT2D eigenvalue weighted by atomic mass is 10.1. The lowest BCUT2D eigenvalue weighted by molar-refractivity contribution is -0.139. The quantitative estimate of drug-likeness (QED) is 0.236. The molecule has 2 aromatic carbocycles. The van der Waals surface area contributed by atoms with Crippen LogP contribution in [0.5, 0.6) is 11.5 Å². The van der Waals surface area contributed by atoms with Gasteiger partial charge in [-0.15, -0.1) is 0 Å². The van der Waals surface area contributed by atoms with Crippen LogP contribution in [-0.2, 0) is 20.8 Å². The highest BCUT2D eigenvalue weighted by atomic mass is 127. The van der Waals surface area contributed by atoms with Gasteiger partial charge in [0.05, 0.1) is 10.7 Å². The highest BCUT2D eigenvalue weighted by Gasteiger charge is 2.35. The fourth-order valence-electron chi connectivity index (χ4n) is 3.26. The third-order valence-corrected chi connectivity index (χ3v) is 5.64. The van der Waals surface area contributed by atoms with Gasteiger partial charge in [0, 0.05) is 5.69 Å². The normalized spacial score (nSPS) is 14.2. The number of anilines is 1. The van der Waals surface area contributed by atoms with Crippen LogP contribution in [0.2, 0.25) is 0 Å². The SMILES string of the molecule is CCc1ccccc1NC(=O)CN1C(=O)N/C(=C/c2cc(I)c(OCC(=O)O)c(OC)c2)C1=O. The number of benzene rings is 2. The van der Waals surface area contributed by atoms with E-state index in [2.05, 4.69) is 10.6 Å². The number of nitrogens with one attached hydrogen (secondary N) is 2. The minimum Gasteiger partial charge on any atom is -0.493 e. The van der Waals surface area contributed by atoms with Crippen LogP contribution in [0.15, 0.2) is 42.1 Å². The van der Waals surface area contributed by atoms with Crippen molar-refractivity contribution in [1.29, 1.82) is 0 Å². The molecule has 1 saturated heterocycles. The van der Waals surface area contributed by atoms with E-state index in [1.165, 1.54) is 13.2 Å². The molecule has 0 saturated carbocycles. The Hall–Kier alpha value is -3.61. The summed E-state index contributed by atoms with van der Waals surface area (Å²) >= 11 is 1.95. The molecule has 1 aliphatic heterocycles. The zero-order chi connectivity index (χ0) is 24.8. The van der Waals surface area contributed by atoms with Crippen LogP contribution in [0.1, 0.15) is 18.1 Å². The maximum atomic E-state index is 12.8. The van der Waals surface area contributed by atoms with E-state index in [9.17, 15) is 19.2 Å². The second kappa shape index (κ2) is 11.0. The van der Waals surface area contributed by atoms with Gasteiger partial charge < -0.3 is 25.2 Å². The number of carbonyl (C=O) groups excluding carboxylic acids is 3. The van der Waals surface area contributed by atoms with E-state index in [1.807, 2.05) is 41.6 Å². The number of imide groups is 1. The molecule has 0 aliphatic carbocycles. The lowest BCUT2D eigenvalue weighted by Gasteiger charge is -2.14. The zero-order valence-electron chi connectivity index (χ0n) is 18.4. The minimum absolute atomic E-state index is 0.0104. The number of aryl methyl sites for hydroxylation is 1. The van der Waals surface area contributed by atoms with Crippen LogP contribution in [0.25, 0.3) is 6.08 Å². The molecule has 34 heavy (non-hydrogen) atoms. The van der Waals surface area contributed by atoms with E-state index >= 15 is 0 Å². The van der Waals surface area contributed by atoms with E-state index in [-0.39, 0.29) is 17.2 Å². The Morgan fingerprint density at radius 3 is 2.65 bits per heavy atom. The summed E-state index contributed by atoms with van der Waals surface area (Å²) in [4.78, 5) is 49.3. The Labute approximate surface area is 209 Å². The highest BCUT2D eigenvalue weighted by molar-refractivity contribution is 14.1. The van der Waals surface area contributed by atoms with Gasteiger partial charge in [-0.3, -0.25) is 9.59 Å². The summed E-state index contributed by atoms with van der Waals surface area (Å²) in [6.45, 7) is 0.977. The molecule has 10 nitrogen and oxygen atoms in total. The van der Waals surface area contributed by atoms with Gasteiger partial charge in [-0.25, -0.2) is 14.5 Å². The van der Waals surface area contributed by atoms with Crippen molar-refractivity contribution < 1.29 is 33.8 Å². The molecule has 0 radical (unpaired) electrons. The number of amides is 4. The van der Waals surface area contributed by atoms with Crippen LogP contribution in [0, 0.1) is 3.57 Å². The summed E-state index contributed by atoms with van der Waals surface area (Å²) in [7, 11) is 1.40. The molecule has 0 aromatic heterocycles. The molecule has 11 heteroatoms. The van der Waals surface area contributed by atoms with Crippen molar-refractivity contribution >= 4 is 58.2 Å². The summed E-state index contributed by atoms with van der Waals surface area (Å²) in [6, 6.07) is 9.77. The first-order valence-corrected chi connectivity index (χ1v) is 11.3. The molecular weight excluding hydrogens is 557 g/mol. The first kappa shape index (κ1) is 25.0. The van der Waals surface area contributed by atoms with Gasteiger partial charge >= 0.3 is 12.0 Å². The number of carbonyl (C=O) groups is 4. The molecule has 2 aromatic rings. The molecule has 0 spiro atoms. The number of carboxylic acid groups (broad SMARTS) is 1. The molecule has 178 valence electrons. The number of aliphatic carboxylic acids is 1. The van der Waals surface area contributed by atoms with Crippen molar-refractivity contribution in [2.75, 3.05) is 25.6 Å². The van der Waals surface area contributed by atoms with Crippen LogP contribution in [0.3, 0.4) is 0 Å². The van der Waals surface area contributed by atoms with E-state index in [4.69, 9.17) is 14.6 Å². The summed E-state index contributed by atoms with van der Waals surface area (Å²) < 4.78 is 11.1. The number of ether oxygens (including phenoxy) is 2. The van der Waals surface area contributed by atoms with E-state index in [0.717, 1.165) is 16.9 Å². The van der Waals surface area contributed by atoms with Gasteiger partial charge in [-0.2, -0.15) is 0 Å². The largest absolute Gasteiger partial charge is 0.493 e. The molecule has 0 atom stereocenters. The van der Waals surface area contributed by atoms with Crippen molar-refractivity contribution in [2.45, 2.75) is 13.3 Å². The van der Waals surface area contributed by atoms with Crippen LogP contribution >= 0.6 is 22.6 Å². The average molecular weight is 579 g/mol. The summed E-state index contributed by atoms with van der Waals surface area (Å²) in [6.07, 6.45) is 2.16. The smallest absolute Gasteiger partial charge is 0.341 e. The molecule has 1 fully saturated rings. The highest BCUT2D eigenvalue weighted by Crippen LogP contribution is 2.34. The summed E-state index contributed by atoms with van der Waals surface area (Å²) in [5.41, 5.74) is 2.07. The maximum Gasteiger partial charge on any atom is 0.341 e. The standard InChI is InChI=1S/C23H22IN3O7/c1-3-14-6-4-5-7-16(14)25-19(28)11-27-22(31)17(26-23(27)32)9-13-8-15(24)21(18(10-13)33-2)34-12-20(29)30/h4-10H,3,11-12H2,1-2H3,(H,25,28)(H,26,32)(H,29,30)/b17-9+. The minimum atomic E-state index is -1.13. The second-order valence-electron chi connectivity index (χ2n) is 7.15. The van der Waals surface area contributed by atoms with Gasteiger partial charge in [-0.1, -0.05) is 25.1 Å². The van der Waals surface area contributed by atoms with Crippen molar-refractivity contribution in [3.8, 4) is 11.5 Å². The number of para-hydroxylation sites is 1. The number of hydrogen-bond acceptors (Lipinski definition) is 6. The topological polar surface area (TPSA) is 134 Å². The Morgan fingerprint density at radius 1 is 1.24 bits per heavy atom. The predicted molar refractivity (Wildman–Crippen MR) is 132 cm³/mol. The second-order valence-corrected chi connectivity index (χ2v) is 8.32. The summed E-state index contributed by atoms with van der Waals surface area (Å²) in [5, 5.41) is 14.0. The first-order valence-electron chi connectivity index (χ1n) is 10.2. The number of nitrogens with zero attached hydrogens (tertiary/aromatic N) is 1. The fourth-order valence-corrected chi connectivity index (χ4v) is 4.04. The molecule has 3 N–H and O–H groups in total. The molecule has 3 rings (SSSR count). The van der Waals surface area contributed by atoms with Crippen molar-refractivity contribution in [2.24, 2.45) is 0 Å². The number of carboxylic acids is 1. The zero-order valence-corrected chi connectivity index (χ0v) is 20.5. The van der Waals surface area contributed by atoms with Crippen LogP contribution < -0.4 is 20.1 Å². The molecular formula is C23H22IN3O7. The number of hydrogen-bond donors (Lipinski definition) is 3. The third-order valence-electron chi connectivity index (χ3n) is 4.84. The number of urea groups is 1. The number of halogens is 1. The fraction of sp³-hybridized carbons (Fsp3) is 0.217. The van der Waals surface area contributed by atoms with E-state index in [1.54, 1.807) is 24.3 Å². The average Bonchev–Trinajstić information content (AvgIpc) is 3.05. The Kier molecular flexibility index (Phi) is 8.10. The Morgan fingerprint density at radius 2 is 1.97 bits per heavy atom. The summed E-state index contributed by atoms with van der Waals surface area (Å²) in [5.74, 6) is -1.76. The van der Waals surface area contributed by atoms with E-state index < -0.39 is 37.0 Å². The van der Waals surface area contributed by atoms with Gasteiger partial charge in [0.15, 0.2) is 18.1 Å². The molecule has 0 bridgehead atoms. The van der Waals surface area contributed by atoms with Crippen LogP contribution in [-0.4, -0.2) is 54.1 Å². The molecule has 0 unspecified atom stereocenters. The predicted octanol–water partition coefficient (Wildman–Crippen LogP) is 2.86. The van der Waals surface area contributed by atoms with Crippen molar-refractivity contribution in [1.82, 2.24) is 10.2 Å². The monoisotopic (exact) mass is 579 g/mol. The molecule has 1 heterocycles. The number of rotatable bonds is 9. The first-order chi connectivity index (χ1) is 16.2. The van der Waals surface area contributed by atoms with Crippen molar-refractivity contribution in [3.63, 3.8) is 0 Å². The van der Waals surface area contributed by atoms with Gasteiger partial charge in [0.2, 0.25) is 5.91 Å².